The van der Waals surface area contributed by atoms with Gasteiger partial charge in [-0.1, -0.05) is 12.1 Å². The Balaban J connectivity index is 1.65. The van der Waals surface area contributed by atoms with Crippen molar-refractivity contribution in [3.05, 3.63) is 69.7 Å². The third-order valence-electron chi connectivity index (χ3n) is 4.36. The fourth-order valence-corrected chi connectivity index (χ4v) is 3.81. The second-order valence-corrected chi connectivity index (χ2v) is 7.28. The quantitative estimate of drug-likeness (QED) is 0.642. The van der Waals surface area contributed by atoms with Gasteiger partial charge in [-0.2, -0.15) is 16.4 Å². The van der Waals surface area contributed by atoms with Crippen molar-refractivity contribution in [2.75, 3.05) is 13.2 Å². The van der Waals surface area contributed by atoms with Gasteiger partial charge in [-0.25, -0.2) is 0 Å². The van der Waals surface area contributed by atoms with Crippen LogP contribution in [0.15, 0.2) is 47.2 Å². The average molecular weight is 384 g/mol. The van der Waals surface area contributed by atoms with Crippen LogP contribution in [-0.4, -0.2) is 28.8 Å². The van der Waals surface area contributed by atoms with E-state index in [1.54, 1.807) is 11.3 Å². The maximum atomic E-state index is 12.4. The summed E-state index contributed by atoms with van der Waals surface area (Å²) >= 11 is 1.65. The Labute approximate surface area is 164 Å². The lowest BCUT2D eigenvalue weighted by Crippen LogP contribution is -2.33. The Hall–Kier alpha value is -2.60. The maximum Gasteiger partial charge on any atom is 0.224 e. The number of thiophene rings is 1. The van der Waals surface area contributed by atoms with Crippen molar-refractivity contribution < 1.29 is 9.53 Å². The first-order valence-electron chi connectivity index (χ1n) is 9.10. The molecule has 0 aliphatic rings. The van der Waals surface area contributed by atoms with Gasteiger partial charge in [-0.05, 0) is 66.9 Å². The second-order valence-electron chi connectivity index (χ2n) is 6.50. The highest BCUT2D eigenvalue weighted by Crippen LogP contribution is 2.22. The van der Waals surface area contributed by atoms with Crippen LogP contribution < -0.4 is 10.1 Å². The molecule has 0 bridgehead atoms. The Morgan fingerprint density at radius 2 is 2.04 bits per heavy atom. The minimum atomic E-state index is -0.00534. The smallest absolute Gasteiger partial charge is 0.224 e. The molecule has 3 aromatic rings. The normalized spacial score (nSPS) is 12.0. The number of nitrogens with zero attached hydrogens (tertiary/aromatic N) is 2. The Kier molecular flexibility index (Phi) is 6.29. The molecule has 0 radical (unpaired) electrons. The van der Waals surface area contributed by atoms with Crippen LogP contribution in [0.1, 0.15) is 35.5 Å². The van der Waals surface area contributed by atoms with Crippen molar-refractivity contribution in [2.24, 2.45) is 0 Å². The highest BCUT2D eigenvalue weighted by Gasteiger charge is 2.18. The van der Waals surface area contributed by atoms with Crippen LogP contribution in [0.3, 0.4) is 0 Å². The molecule has 0 saturated carbocycles. The van der Waals surface area contributed by atoms with E-state index in [1.165, 1.54) is 0 Å². The van der Waals surface area contributed by atoms with Gasteiger partial charge in [-0.3, -0.25) is 9.48 Å². The van der Waals surface area contributed by atoms with Crippen molar-refractivity contribution in [1.82, 2.24) is 15.1 Å². The van der Waals surface area contributed by atoms with E-state index in [0.717, 1.165) is 28.3 Å². The molecule has 0 saturated heterocycles. The Morgan fingerprint density at radius 1 is 1.26 bits per heavy atom. The number of benzene rings is 1. The predicted octanol–water partition coefficient (Wildman–Crippen LogP) is 3.91. The first kappa shape index (κ1) is 19.2. The molecule has 0 unspecified atom stereocenters. The number of aryl methyl sites for hydroxylation is 2. The summed E-state index contributed by atoms with van der Waals surface area (Å²) in [5.74, 6) is 0.824. The zero-order valence-electron chi connectivity index (χ0n) is 15.9. The third kappa shape index (κ3) is 4.98. The van der Waals surface area contributed by atoms with Gasteiger partial charge in [0.15, 0.2) is 0 Å². The summed E-state index contributed by atoms with van der Waals surface area (Å²) in [6, 6.07) is 11.8. The van der Waals surface area contributed by atoms with Crippen LogP contribution in [0, 0.1) is 13.8 Å². The first-order chi connectivity index (χ1) is 13.1. The van der Waals surface area contributed by atoms with Gasteiger partial charge in [0.2, 0.25) is 5.91 Å². The molecule has 1 N–H and O–H groups in total. The second kappa shape index (κ2) is 8.86. The van der Waals surface area contributed by atoms with Crippen LogP contribution in [0.2, 0.25) is 0 Å². The lowest BCUT2D eigenvalue weighted by atomic mass is 10.1. The van der Waals surface area contributed by atoms with Crippen LogP contribution in [0.4, 0.5) is 0 Å². The van der Waals surface area contributed by atoms with E-state index in [2.05, 4.69) is 33.3 Å². The molecular formula is C21H25N3O2S. The van der Waals surface area contributed by atoms with Gasteiger partial charge < -0.3 is 10.1 Å². The van der Waals surface area contributed by atoms with E-state index in [9.17, 15) is 4.79 Å². The van der Waals surface area contributed by atoms with Gasteiger partial charge in [0.05, 0.1) is 24.8 Å². The largest absolute Gasteiger partial charge is 0.494 e. The maximum absolute atomic E-state index is 12.4. The van der Waals surface area contributed by atoms with Gasteiger partial charge in [0.1, 0.15) is 5.75 Å². The summed E-state index contributed by atoms with van der Waals surface area (Å²) in [5.41, 5.74) is 4.19. The van der Waals surface area contributed by atoms with Gasteiger partial charge >= 0.3 is 0 Å². The number of aromatic nitrogens is 2. The van der Waals surface area contributed by atoms with E-state index in [1.807, 2.05) is 49.7 Å². The zero-order valence-corrected chi connectivity index (χ0v) is 16.8. The molecular weight excluding hydrogens is 358 g/mol. The summed E-state index contributed by atoms with van der Waals surface area (Å²) < 4.78 is 7.43. The summed E-state index contributed by atoms with van der Waals surface area (Å²) in [4.78, 5) is 12.4. The van der Waals surface area contributed by atoms with Gasteiger partial charge in [0.25, 0.3) is 0 Å². The molecule has 0 aliphatic carbocycles. The topological polar surface area (TPSA) is 56.1 Å². The van der Waals surface area contributed by atoms with Crippen molar-refractivity contribution in [3.63, 3.8) is 0 Å². The molecule has 2 aromatic heterocycles. The fourth-order valence-electron chi connectivity index (χ4n) is 3.10. The average Bonchev–Trinajstić information content (AvgIpc) is 3.27. The van der Waals surface area contributed by atoms with Crippen molar-refractivity contribution in [2.45, 2.75) is 33.2 Å². The molecule has 1 atom stereocenters. The molecule has 2 heterocycles. The number of hydrogen-bond donors (Lipinski definition) is 1. The number of carbonyl (C=O) groups excluding carboxylic acids is 1. The third-order valence-corrected chi connectivity index (χ3v) is 5.06. The number of amides is 1. The molecule has 142 valence electrons. The zero-order chi connectivity index (χ0) is 19.2. The van der Waals surface area contributed by atoms with Crippen LogP contribution in [-0.2, 0) is 11.2 Å². The first-order valence-corrected chi connectivity index (χ1v) is 10.0. The van der Waals surface area contributed by atoms with E-state index in [0.29, 0.717) is 19.6 Å². The predicted molar refractivity (Wildman–Crippen MR) is 108 cm³/mol. The Bertz CT molecular complexity index is 869. The summed E-state index contributed by atoms with van der Waals surface area (Å²) in [7, 11) is 0. The highest BCUT2D eigenvalue weighted by molar-refractivity contribution is 7.07. The van der Waals surface area contributed by atoms with E-state index in [-0.39, 0.29) is 11.9 Å². The van der Waals surface area contributed by atoms with E-state index in [4.69, 9.17) is 4.74 Å². The standard InChI is InChI=1S/C21H25N3O2S/c1-4-26-19-7-5-17(6-8-19)12-21(25)22-13-20(18-9-10-27-14-18)24-16(3)11-15(2)23-24/h5-11,14,20H,4,12-13H2,1-3H3,(H,22,25)/t20-/m1/s1. The highest BCUT2D eigenvalue weighted by atomic mass is 32.1. The Morgan fingerprint density at radius 3 is 2.63 bits per heavy atom. The molecule has 0 aliphatic heterocycles. The molecule has 0 fully saturated rings. The molecule has 6 heteroatoms. The SMILES string of the molecule is CCOc1ccc(CC(=O)NC[C@H](c2ccsc2)n2nc(C)cc2C)cc1. The fraction of sp³-hybridized carbons (Fsp3) is 0.333. The van der Waals surface area contributed by atoms with Crippen molar-refractivity contribution in [1.29, 1.82) is 0 Å². The summed E-state index contributed by atoms with van der Waals surface area (Å²) in [5, 5.41) is 11.8. The number of ether oxygens (including phenoxy) is 1. The minimum absolute atomic E-state index is 0.000852. The van der Waals surface area contributed by atoms with Crippen LogP contribution in [0.25, 0.3) is 0 Å². The van der Waals surface area contributed by atoms with E-state index < -0.39 is 0 Å². The molecule has 0 spiro atoms. The monoisotopic (exact) mass is 383 g/mol. The molecule has 1 aromatic carbocycles. The van der Waals surface area contributed by atoms with Crippen LogP contribution in [0.5, 0.6) is 5.75 Å². The number of nitrogens with one attached hydrogen (secondary N) is 1. The number of carbonyl (C=O) groups is 1. The lowest BCUT2D eigenvalue weighted by Gasteiger charge is -2.19. The number of rotatable bonds is 8. The molecule has 27 heavy (non-hydrogen) atoms. The van der Waals surface area contributed by atoms with Crippen molar-refractivity contribution >= 4 is 17.2 Å². The number of hydrogen-bond acceptors (Lipinski definition) is 4. The molecule has 5 nitrogen and oxygen atoms in total. The van der Waals surface area contributed by atoms with Gasteiger partial charge in [0, 0.05) is 12.2 Å². The molecule has 3 rings (SSSR count). The summed E-state index contributed by atoms with van der Waals surface area (Å²) in [6.07, 6.45) is 0.347. The minimum Gasteiger partial charge on any atom is -0.494 e. The summed E-state index contributed by atoms with van der Waals surface area (Å²) in [6.45, 7) is 7.12. The lowest BCUT2D eigenvalue weighted by molar-refractivity contribution is -0.120. The van der Waals surface area contributed by atoms with E-state index >= 15 is 0 Å². The van der Waals surface area contributed by atoms with Crippen LogP contribution >= 0.6 is 11.3 Å². The van der Waals surface area contributed by atoms with Crippen molar-refractivity contribution in [3.8, 4) is 5.75 Å². The van der Waals surface area contributed by atoms with Gasteiger partial charge in [-0.15, -0.1) is 0 Å². The molecule has 1 amide bonds.